The van der Waals surface area contributed by atoms with E-state index in [0.717, 1.165) is 6.07 Å². The van der Waals surface area contributed by atoms with E-state index >= 15 is 0 Å². The molecule has 0 radical (unpaired) electrons. The molecule has 5 nitrogen and oxygen atoms in total. The number of ether oxygens (including phenoxy) is 1. The van der Waals surface area contributed by atoms with Gasteiger partial charge in [-0.2, -0.15) is 4.39 Å². The maximum Gasteiger partial charge on any atom is 0.314 e. The first-order chi connectivity index (χ1) is 10.0. The first kappa shape index (κ1) is 14.9. The summed E-state index contributed by atoms with van der Waals surface area (Å²) in [5.41, 5.74) is -0.148. The van der Waals surface area contributed by atoms with Crippen LogP contribution in [0.15, 0.2) is 36.4 Å². The minimum Gasteiger partial charge on any atom is -0.447 e. The van der Waals surface area contributed by atoms with Gasteiger partial charge in [-0.3, -0.25) is 10.1 Å². The van der Waals surface area contributed by atoms with Crippen molar-refractivity contribution in [2.24, 2.45) is 0 Å². The Bertz CT molecular complexity index is 676. The molecule has 110 valence electrons. The van der Waals surface area contributed by atoms with Crippen molar-refractivity contribution in [3.63, 3.8) is 0 Å². The molecule has 2 rings (SSSR count). The zero-order valence-electron chi connectivity index (χ0n) is 10.8. The number of aliphatic hydroxyl groups is 1. The van der Waals surface area contributed by atoms with Gasteiger partial charge in [0, 0.05) is 12.7 Å². The molecule has 2 aromatic carbocycles. The molecular weight excluding hydrogens is 284 g/mol. The number of nitro groups is 1. The molecular formula is C14H11F2NO4. The lowest BCUT2D eigenvalue weighted by Crippen LogP contribution is -2.01. The lowest BCUT2D eigenvalue weighted by atomic mass is 10.1. The van der Waals surface area contributed by atoms with Crippen LogP contribution in [-0.4, -0.2) is 16.6 Å². The molecule has 0 fully saturated rings. The Morgan fingerprint density at radius 3 is 2.57 bits per heavy atom. The van der Waals surface area contributed by atoms with E-state index in [-0.39, 0.29) is 18.8 Å². The summed E-state index contributed by atoms with van der Waals surface area (Å²) in [7, 11) is 0. The number of nitrogens with zero attached hydrogens (tertiary/aromatic N) is 1. The van der Waals surface area contributed by atoms with E-state index in [1.165, 1.54) is 6.07 Å². The molecule has 21 heavy (non-hydrogen) atoms. The third-order valence-corrected chi connectivity index (χ3v) is 2.79. The molecule has 0 heterocycles. The van der Waals surface area contributed by atoms with E-state index in [0.29, 0.717) is 11.6 Å². The minimum atomic E-state index is -1.43. The minimum absolute atomic E-state index is 0.124. The molecule has 2 aromatic rings. The van der Waals surface area contributed by atoms with Crippen molar-refractivity contribution >= 4 is 5.69 Å². The predicted molar refractivity (Wildman–Crippen MR) is 70.3 cm³/mol. The Labute approximate surface area is 118 Å². The van der Waals surface area contributed by atoms with Gasteiger partial charge in [0.05, 0.1) is 4.92 Å². The van der Waals surface area contributed by atoms with Crippen LogP contribution in [0.3, 0.4) is 0 Å². The lowest BCUT2D eigenvalue weighted by molar-refractivity contribution is -0.385. The molecule has 0 aliphatic heterocycles. The smallest absolute Gasteiger partial charge is 0.314 e. The highest BCUT2D eigenvalue weighted by molar-refractivity contribution is 5.50. The topological polar surface area (TPSA) is 72.6 Å². The average Bonchev–Trinajstić information content (AvgIpc) is 2.46. The highest BCUT2D eigenvalue weighted by atomic mass is 19.2. The zero-order chi connectivity index (χ0) is 15.4. The number of nitro benzene ring substituents is 1. The Morgan fingerprint density at radius 2 is 1.90 bits per heavy atom. The molecule has 0 bridgehead atoms. The summed E-state index contributed by atoms with van der Waals surface area (Å²) < 4.78 is 32.2. The molecule has 0 aliphatic carbocycles. The van der Waals surface area contributed by atoms with E-state index in [2.05, 4.69) is 0 Å². The maximum atomic E-state index is 13.8. The Hall–Kier alpha value is -2.54. The maximum absolute atomic E-state index is 13.8. The summed E-state index contributed by atoms with van der Waals surface area (Å²) in [4.78, 5) is 10.0. The number of halogens is 2. The van der Waals surface area contributed by atoms with Gasteiger partial charge in [0.15, 0.2) is 5.82 Å². The van der Waals surface area contributed by atoms with E-state index < -0.39 is 28.0 Å². The number of benzene rings is 2. The second-order valence-electron chi connectivity index (χ2n) is 4.15. The van der Waals surface area contributed by atoms with Crippen LogP contribution in [0, 0.1) is 21.7 Å². The van der Waals surface area contributed by atoms with Crippen LogP contribution in [-0.2, 0) is 6.42 Å². The van der Waals surface area contributed by atoms with Gasteiger partial charge in [-0.25, -0.2) is 4.39 Å². The SMILES string of the molecule is O=[N+]([O-])c1ccc(F)c(F)c1Oc1ccccc1CCO. The molecule has 0 spiro atoms. The fraction of sp³-hybridized carbons (Fsp3) is 0.143. The van der Waals surface area contributed by atoms with Crippen molar-refractivity contribution in [3.05, 3.63) is 63.7 Å². The van der Waals surface area contributed by atoms with Crippen molar-refractivity contribution in [2.75, 3.05) is 6.61 Å². The van der Waals surface area contributed by atoms with Crippen molar-refractivity contribution in [1.82, 2.24) is 0 Å². The van der Waals surface area contributed by atoms with Crippen LogP contribution < -0.4 is 4.74 Å². The Morgan fingerprint density at radius 1 is 1.19 bits per heavy atom. The highest BCUT2D eigenvalue weighted by Gasteiger charge is 2.24. The molecule has 0 aliphatic rings. The van der Waals surface area contributed by atoms with Crippen LogP contribution >= 0.6 is 0 Å². The van der Waals surface area contributed by atoms with Gasteiger partial charge < -0.3 is 9.84 Å². The first-order valence-corrected chi connectivity index (χ1v) is 6.03. The van der Waals surface area contributed by atoms with Gasteiger partial charge >= 0.3 is 5.69 Å². The molecule has 0 saturated carbocycles. The van der Waals surface area contributed by atoms with Gasteiger partial charge in [-0.05, 0) is 24.1 Å². The summed E-state index contributed by atoms with van der Waals surface area (Å²) in [6.07, 6.45) is 0.223. The first-order valence-electron chi connectivity index (χ1n) is 6.03. The number of para-hydroxylation sites is 1. The summed E-state index contributed by atoms with van der Waals surface area (Å²) in [5.74, 6) is -3.33. The van der Waals surface area contributed by atoms with Crippen LogP contribution in [0.4, 0.5) is 14.5 Å². The van der Waals surface area contributed by atoms with Crippen LogP contribution in [0.25, 0.3) is 0 Å². The fourth-order valence-electron chi connectivity index (χ4n) is 1.80. The summed E-state index contributed by atoms with van der Waals surface area (Å²) in [6, 6.07) is 7.84. The Balaban J connectivity index is 2.49. The predicted octanol–water partition coefficient (Wildman–Crippen LogP) is 3.20. The fourth-order valence-corrected chi connectivity index (χ4v) is 1.80. The normalized spacial score (nSPS) is 10.4. The third kappa shape index (κ3) is 3.14. The molecule has 0 amide bonds. The van der Waals surface area contributed by atoms with E-state index in [4.69, 9.17) is 9.84 Å². The molecule has 0 saturated heterocycles. The second kappa shape index (κ2) is 6.27. The summed E-state index contributed by atoms with van der Waals surface area (Å²) in [6.45, 7) is -0.173. The second-order valence-corrected chi connectivity index (χ2v) is 4.15. The van der Waals surface area contributed by atoms with Crippen molar-refractivity contribution in [1.29, 1.82) is 0 Å². The van der Waals surface area contributed by atoms with Crippen molar-refractivity contribution < 1.29 is 23.5 Å². The molecule has 7 heteroatoms. The van der Waals surface area contributed by atoms with Crippen molar-refractivity contribution in [3.8, 4) is 11.5 Å². The molecule has 0 aromatic heterocycles. The van der Waals surface area contributed by atoms with Gasteiger partial charge in [0.25, 0.3) is 0 Å². The quantitative estimate of drug-likeness (QED) is 0.679. The number of hydrogen-bond acceptors (Lipinski definition) is 4. The lowest BCUT2D eigenvalue weighted by Gasteiger charge is -2.11. The van der Waals surface area contributed by atoms with E-state index in [1.54, 1.807) is 18.2 Å². The average molecular weight is 295 g/mol. The van der Waals surface area contributed by atoms with Gasteiger partial charge in [-0.15, -0.1) is 0 Å². The van der Waals surface area contributed by atoms with Gasteiger partial charge in [0.2, 0.25) is 11.6 Å². The van der Waals surface area contributed by atoms with E-state index in [9.17, 15) is 18.9 Å². The summed E-state index contributed by atoms with van der Waals surface area (Å²) in [5, 5.41) is 19.8. The van der Waals surface area contributed by atoms with E-state index in [1.807, 2.05) is 0 Å². The van der Waals surface area contributed by atoms with Crippen molar-refractivity contribution in [2.45, 2.75) is 6.42 Å². The monoisotopic (exact) mass is 295 g/mol. The molecule has 1 N–H and O–H groups in total. The summed E-state index contributed by atoms with van der Waals surface area (Å²) >= 11 is 0. The van der Waals surface area contributed by atoms with Gasteiger partial charge in [0.1, 0.15) is 5.75 Å². The number of rotatable bonds is 5. The van der Waals surface area contributed by atoms with Crippen LogP contribution in [0.5, 0.6) is 11.5 Å². The largest absolute Gasteiger partial charge is 0.447 e. The number of aliphatic hydroxyl groups excluding tert-OH is 1. The standard InChI is InChI=1S/C14H11F2NO4/c15-10-5-6-11(17(19)20)14(13(10)16)21-12-4-2-1-3-9(12)7-8-18/h1-6,18H,7-8H2. The third-order valence-electron chi connectivity index (χ3n) is 2.79. The van der Waals surface area contributed by atoms with Gasteiger partial charge in [-0.1, -0.05) is 18.2 Å². The number of hydrogen-bond donors (Lipinski definition) is 1. The van der Waals surface area contributed by atoms with Crippen LogP contribution in [0.2, 0.25) is 0 Å². The molecule has 0 atom stereocenters. The van der Waals surface area contributed by atoms with Crippen LogP contribution in [0.1, 0.15) is 5.56 Å². The molecule has 0 unspecified atom stereocenters. The zero-order valence-corrected chi connectivity index (χ0v) is 10.8. The highest BCUT2D eigenvalue weighted by Crippen LogP contribution is 2.36. The Kier molecular flexibility index (Phi) is 4.44.